The van der Waals surface area contributed by atoms with Gasteiger partial charge >= 0.3 is 0 Å². The van der Waals surface area contributed by atoms with Crippen molar-refractivity contribution >= 4 is 33.8 Å². The van der Waals surface area contributed by atoms with Crippen LogP contribution in [0.1, 0.15) is 44.5 Å². The average molecular weight is 560 g/mol. The molecule has 0 saturated heterocycles. The Hall–Kier alpha value is -5.51. The fraction of sp³-hybridized carbons (Fsp3) is 0.156. The molecule has 210 valence electrons. The molecule has 0 aliphatic heterocycles. The van der Waals surface area contributed by atoms with Crippen LogP contribution in [0.3, 0.4) is 0 Å². The number of H-pyrrole nitrogens is 2. The molecule has 3 aromatic carbocycles. The molecule has 0 unspecified atom stereocenters. The number of aromatic amines is 2. The third-order valence-electron chi connectivity index (χ3n) is 7.50. The predicted octanol–water partition coefficient (Wildman–Crippen LogP) is 4.60. The number of hydrogen-bond donors (Lipinski definition) is 4. The smallest absolute Gasteiger partial charge is 0.253 e. The molecule has 42 heavy (non-hydrogen) atoms. The number of nitrogens with zero attached hydrogens (tertiary/aromatic N) is 3. The summed E-state index contributed by atoms with van der Waals surface area (Å²) in [5.41, 5.74) is 12.9. The zero-order valence-corrected chi connectivity index (χ0v) is 23.4. The van der Waals surface area contributed by atoms with Crippen molar-refractivity contribution in [2.75, 3.05) is 0 Å². The van der Waals surface area contributed by atoms with Gasteiger partial charge < -0.3 is 21.0 Å². The first-order chi connectivity index (χ1) is 20.2. The summed E-state index contributed by atoms with van der Waals surface area (Å²) in [6, 6.07) is 18.8. The third-order valence-corrected chi connectivity index (χ3v) is 7.50. The SMILES string of the molecule is CCn1ncc2c(C(=O)NCc3c(C)cc(C)[nH]c3=O)cc(-c3ccc(-c4nc5c(C(N)=O)cccc5[nH]4)cc3)cc21. The van der Waals surface area contributed by atoms with E-state index in [9.17, 15) is 14.4 Å². The minimum atomic E-state index is -0.531. The van der Waals surface area contributed by atoms with E-state index in [-0.39, 0.29) is 18.0 Å². The number of rotatable bonds is 7. The van der Waals surface area contributed by atoms with Crippen molar-refractivity contribution in [3.8, 4) is 22.5 Å². The van der Waals surface area contributed by atoms with Gasteiger partial charge in [-0.1, -0.05) is 30.3 Å². The van der Waals surface area contributed by atoms with E-state index in [0.717, 1.165) is 44.4 Å². The highest BCUT2D eigenvalue weighted by Gasteiger charge is 2.18. The number of carbonyl (C=O) groups is 2. The van der Waals surface area contributed by atoms with Gasteiger partial charge in [0, 0.05) is 35.3 Å². The van der Waals surface area contributed by atoms with Gasteiger partial charge in [-0.25, -0.2) is 4.98 Å². The molecule has 0 aliphatic carbocycles. The Bertz CT molecular complexity index is 2070. The van der Waals surface area contributed by atoms with Crippen LogP contribution in [0.4, 0.5) is 0 Å². The van der Waals surface area contributed by atoms with E-state index in [1.54, 1.807) is 18.3 Å². The molecule has 10 nitrogen and oxygen atoms in total. The Morgan fingerprint density at radius 1 is 0.952 bits per heavy atom. The van der Waals surface area contributed by atoms with E-state index in [0.29, 0.717) is 34.6 Å². The van der Waals surface area contributed by atoms with Crippen molar-refractivity contribution in [1.82, 2.24) is 30.0 Å². The van der Waals surface area contributed by atoms with Crippen LogP contribution < -0.4 is 16.6 Å². The number of hydrogen-bond acceptors (Lipinski definition) is 5. The molecule has 3 aromatic heterocycles. The van der Waals surface area contributed by atoms with Gasteiger partial charge in [-0.2, -0.15) is 5.10 Å². The molecular formula is C32H29N7O3. The fourth-order valence-corrected chi connectivity index (χ4v) is 5.34. The van der Waals surface area contributed by atoms with E-state index in [2.05, 4.69) is 25.4 Å². The number of benzene rings is 3. The average Bonchev–Trinajstić information content (AvgIpc) is 3.60. The lowest BCUT2D eigenvalue weighted by molar-refractivity contribution is 0.0951. The number of para-hydroxylation sites is 1. The molecule has 6 rings (SSSR count). The third kappa shape index (κ3) is 4.72. The minimum absolute atomic E-state index is 0.109. The van der Waals surface area contributed by atoms with Crippen molar-refractivity contribution in [2.45, 2.75) is 33.9 Å². The maximum atomic E-state index is 13.5. The highest BCUT2D eigenvalue weighted by molar-refractivity contribution is 6.08. The second kappa shape index (κ2) is 10.5. The fourth-order valence-electron chi connectivity index (χ4n) is 5.34. The molecule has 5 N–H and O–H groups in total. The summed E-state index contributed by atoms with van der Waals surface area (Å²) < 4.78 is 1.85. The summed E-state index contributed by atoms with van der Waals surface area (Å²) in [5, 5.41) is 8.14. The van der Waals surface area contributed by atoms with E-state index in [4.69, 9.17) is 5.73 Å². The molecule has 0 atom stereocenters. The largest absolute Gasteiger partial charge is 0.366 e. The van der Waals surface area contributed by atoms with E-state index in [1.165, 1.54) is 0 Å². The van der Waals surface area contributed by atoms with E-state index in [1.807, 2.05) is 74.0 Å². The Kier molecular flexibility index (Phi) is 6.66. The van der Waals surface area contributed by atoms with Crippen LogP contribution in [0.25, 0.3) is 44.5 Å². The Labute approximate surface area is 240 Å². The van der Waals surface area contributed by atoms with E-state index < -0.39 is 5.91 Å². The number of nitrogens with one attached hydrogen (secondary N) is 3. The molecule has 0 radical (unpaired) electrons. The number of pyridine rings is 1. The molecule has 0 aliphatic rings. The second-order valence-corrected chi connectivity index (χ2v) is 10.3. The van der Waals surface area contributed by atoms with Gasteiger partial charge in [-0.15, -0.1) is 0 Å². The summed E-state index contributed by atoms with van der Waals surface area (Å²) in [6.07, 6.45) is 1.70. The van der Waals surface area contributed by atoms with Crippen LogP contribution in [-0.4, -0.2) is 36.5 Å². The quantitative estimate of drug-likeness (QED) is 0.225. The lowest BCUT2D eigenvalue weighted by Gasteiger charge is -2.11. The van der Waals surface area contributed by atoms with Crippen molar-refractivity contribution < 1.29 is 9.59 Å². The van der Waals surface area contributed by atoms with Crippen LogP contribution in [-0.2, 0) is 13.1 Å². The molecule has 3 heterocycles. The van der Waals surface area contributed by atoms with Crippen LogP contribution in [0.5, 0.6) is 0 Å². The van der Waals surface area contributed by atoms with Gasteiger partial charge in [0.2, 0.25) is 0 Å². The lowest BCUT2D eigenvalue weighted by atomic mass is 9.98. The zero-order valence-electron chi connectivity index (χ0n) is 23.4. The number of amides is 2. The number of aryl methyl sites for hydroxylation is 3. The summed E-state index contributed by atoms with van der Waals surface area (Å²) in [7, 11) is 0. The molecule has 0 fully saturated rings. The van der Waals surface area contributed by atoms with Gasteiger partial charge in [0.05, 0.1) is 28.4 Å². The monoisotopic (exact) mass is 559 g/mol. The highest BCUT2D eigenvalue weighted by atomic mass is 16.2. The molecule has 0 bridgehead atoms. The Morgan fingerprint density at radius 3 is 2.43 bits per heavy atom. The van der Waals surface area contributed by atoms with Gasteiger partial charge in [-0.05, 0) is 67.8 Å². The number of fused-ring (bicyclic) bond motifs is 2. The Balaban J connectivity index is 1.34. The van der Waals surface area contributed by atoms with Crippen molar-refractivity contribution in [3.05, 3.63) is 105 Å². The molecule has 6 aromatic rings. The summed E-state index contributed by atoms with van der Waals surface area (Å²) in [4.78, 5) is 48.5. The van der Waals surface area contributed by atoms with Crippen molar-refractivity contribution in [3.63, 3.8) is 0 Å². The maximum absolute atomic E-state index is 13.5. The number of nitrogens with two attached hydrogens (primary N) is 1. The Morgan fingerprint density at radius 2 is 1.71 bits per heavy atom. The number of imidazole rings is 1. The van der Waals surface area contributed by atoms with Crippen LogP contribution in [0.15, 0.2) is 71.7 Å². The van der Waals surface area contributed by atoms with Crippen molar-refractivity contribution in [2.24, 2.45) is 5.73 Å². The first-order valence-corrected chi connectivity index (χ1v) is 13.6. The summed E-state index contributed by atoms with van der Waals surface area (Å²) >= 11 is 0. The first kappa shape index (κ1) is 26.7. The number of aromatic nitrogens is 5. The van der Waals surface area contributed by atoms with Crippen LogP contribution in [0.2, 0.25) is 0 Å². The van der Waals surface area contributed by atoms with Gasteiger partial charge in [-0.3, -0.25) is 19.1 Å². The predicted molar refractivity (Wildman–Crippen MR) is 162 cm³/mol. The summed E-state index contributed by atoms with van der Waals surface area (Å²) in [5.74, 6) is -0.205. The normalized spacial score (nSPS) is 11.3. The first-order valence-electron chi connectivity index (χ1n) is 13.6. The van der Waals surface area contributed by atoms with Crippen LogP contribution in [0, 0.1) is 13.8 Å². The standard InChI is InChI=1S/C32H29N7O3/c1-4-39-27-14-21(13-23(25(27)16-35-39)31(41)34-15-24-17(2)12-18(3)36-32(24)42)19-8-10-20(11-9-19)30-37-26-7-5-6-22(29(33)40)28(26)38-30/h5-14,16H,4,15H2,1-3H3,(H2,33,40)(H,34,41)(H,36,42)(H,37,38). The molecule has 0 spiro atoms. The van der Waals surface area contributed by atoms with Gasteiger partial charge in [0.25, 0.3) is 17.4 Å². The molecule has 2 amide bonds. The topological polar surface area (TPSA) is 152 Å². The molecule has 10 heteroatoms. The number of carbonyl (C=O) groups excluding carboxylic acids is 2. The lowest BCUT2D eigenvalue weighted by Crippen LogP contribution is -2.28. The van der Waals surface area contributed by atoms with Crippen LogP contribution >= 0.6 is 0 Å². The van der Waals surface area contributed by atoms with E-state index >= 15 is 0 Å². The zero-order chi connectivity index (χ0) is 29.5. The van der Waals surface area contributed by atoms with Crippen molar-refractivity contribution in [1.29, 1.82) is 0 Å². The number of primary amides is 1. The summed E-state index contributed by atoms with van der Waals surface area (Å²) in [6.45, 7) is 6.44. The van der Waals surface area contributed by atoms with Gasteiger partial charge in [0.1, 0.15) is 11.3 Å². The second-order valence-electron chi connectivity index (χ2n) is 10.3. The molecular weight excluding hydrogens is 530 g/mol. The van der Waals surface area contributed by atoms with Gasteiger partial charge in [0.15, 0.2) is 0 Å². The maximum Gasteiger partial charge on any atom is 0.253 e. The minimum Gasteiger partial charge on any atom is -0.366 e. The molecule has 0 saturated carbocycles. The highest BCUT2D eigenvalue weighted by Crippen LogP contribution is 2.30.